The molecule has 0 aromatic heterocycles. The van der Waals surface area contributed by atoms with Gasteiger partial charge in [0.05, 0.1) is 0 Å². The summed E-state index contributed by atoms with van der Waals surface area (Å²) in [5, 5.41) is 0. The highest BCUT2D eigenvalue weighted by molar-refractivity contribution is 4.97. The van der Waals surface area contributed by atoms with Gasteiger partial charge in [0.15, 0.2) is 0 Å². The van der Waals surface area contributed by atoms with E-state index in [9.17, 15) is 0 Å². The van der Waals surface area contributed by atoms with E-state index in [2.05, 4.69) is 33.8 Å². The molecule has 0 heteroatoms. The maximum absolute atomic E-state index is 2.34. The average Bonchev–Trinajstić information content (AvgIpc) is 1.87. The van der Waals surface area contributed by atoms with Gasteiger partial charge in [0, 0.05) is 0 Å². The molecule has 0 aliphatic rings. The van der Waals surface area contributed by atoms with Crippen molar-refractivity contribution in [3.8, 4) is 0 Å². The van der Waals surface area contributed by atoms with Crippen molar-refractivity contribution in [1.82, 2.24) is 0 Å². The Morgan fingerprint density at radius 1 is 1.20 bits per heavy atom. The first-order chi connectivity index (χ1) is 4.66. The monoisotopic (exact) mass is 139 g/mol. The van der Waals surface area contributed by atoms with Gasteiger partial charge in [-0.1, -0.05) is 32.4 Å². The Balaban J connectivity index is 3.34. The van der Waals surface area contributed by atoms with Crippen LogP contribution in [0.3, 0.4) is 0 Å². The van der Waals surface area contributed by atoms with E-state index in [0.717, 1.165) is 0 Å². The van der Waals surface area contributed by atoms with Crippen LogP contribution in [-0.2, 0) is 0 Å². The number of rotatable bonds is 4. The van der Waals surface area contributed by atoms with Crippen LogP contribution in [-0.4, -0.2) is 0 Å². The molecule has 10 heavy (non-hydrogen) atoms. The van der Waals surface area contributed by atoms with E-state index in [1.165, 1.54) is 30.8 Å². The number of hydrogen-bond acceptors (Lipinski definition) is 0. The van der Waals surface area contributed by atoms with Crippen molar-refractivity contribution >= 4 is 0 Å². The third kappa shape index (κ3) is 5.87. The first-order valence-electron chi connectivity index (χ1n) is 4.11. The van der Waals surface area contributed by atoms with Crippen molar-refractivity contribution in [2.24, 2.45) is 0 Å². The lowest BCUT2D eigenvalue weighted by molar-refractivity contribution is 0.843. The molecule has 0 atom stereocenters. The Kier molecular flexibility index (Phi) is 5.38. The first kappa shape index (κ1) is 9.74. The van der Waals surface area contributed by atoms with Gasteiger partial charge in [-0.05, 0) is 32.1 Å². The van der Waals surface area contributed by atoms with Gasteiger partial charge in [0.25, 0.3) is 0 Å². The fourth-order valence-corrected chi connectivity index (χ4v) is 0.752. The molecule has 1 radical (unpaired) electrons. The van der Waals surface area contributed by atoms with E-state index in [4.69, 9.17) is 0 Å². The van der Waals surface area contributed by atoms with E-state index in [1.54, 1.807) is 0 Å². The van der Waals surface area contributed by atoms with E-state index in [1.807, 2.05) is 0 Å². The molecule has 59 valence electrons. The maximum atomic E-state index is 2.34. The minimum atomic E-state index is 1.20. The Morgan fingerprint density at radius 3 is 2.20 bits per heavy atom. The summed E-state index contributed by atoms with van der Waals surface area (Å²) in [7, 11) is 0. The molecular weight excluding hydrogens is 120 g/mol. The minimum absolute atomic E-state index is 1.20. The second kappa shape index (κ2) is 5.52. The average molecular weight is 139 g/mol. The molecule has 0 aliphatic heterocycles. The van der Waals surface area contributed by atoms with Crippen LogP contribution in [0.1, 0.15) is 47.0 Å². The van der Waals surface area contributed by atoms with Crippen LogP contribution in [0.5, 0.6) is 0 Å². The van der Waals surface area contributed by atoms with Crippen LogP contribution in [0.15, 0.2) is 11.6 Å². The molecule has 0 amide bonds. The number of allylic oxidation sites excluding steroid dienone is 2. The SMILES string of the molecule is CC/C(C)=C/CC[C](C)C. The summed E-state index contributed by atoms with van der Waals surface area (Å²) in [5.74, 6) is 1.53. The third-order valence-electron chi connectivity index (χ3n) is 1.69. The lowest BCUT2D eigenvalue weighted by Crippen LogP contribution is -1.82. The molecule has 0 aliphatic carbocycles. The molecule has 0 rings (SSSR count). The van der Waals surface area contributed by atoms with E-state index in [-0.39, 0.29) is 0 Å². The van der Waals surface area contributed by atoms with Crippen LogP contribution in [0.4, 0.5) is 0 Å². The zero-order chi connectivity index (χ0) is 7.98. The summed E-state index contributed by atoms with van der Waals surface area (Å²) in [6, 6.07) is 0. The lowest BCUT2D eigenvalue weighted by atomic mass is 10.1. The van der Waals surface area contributed by atoms with Crippen molar-refractivity contribution in [2.75, 3.05) is 0 Å². The molecule has 0 heterocycles. The van der Waals surface area contributed by atoms with Crippen molar-refractivity contribution in [1.29, 1.82) is 0 Å². The summed E-state index contributed by atoms with van der Waals surface area (Å²) < 4.78 is 0. The van der Waals surface area contributed by atoms with Gasteiger partial charge in [-0.25, -0.2) is 0 Å². The fourth-order valence-electron chi connectivity index (χ4n) is 0.752. The molecule has 0 saturated carbocycles. The molecule has 0 N–H and O–H groups in total. The Bertz CT molecular complexity index is 98.6. The summed E-state index contributed by atoms with van der Waals surface area (Å²) in [6.07, 6.45) is 6.01. The summed E-state index contributed by atoms with van der Waals surface area (Å²) >= 11 is 0. The smallest absolute Gasteiger partial charge is 0.0300 e. The minimum Gasteiger partial charge on any atom is -0.0856 e. The van der Waals surface area contributed by atoms with Gasteiger partial charge in [-0.3, -0.25) is 0 Å². The largest absolute Gasteiger partial charge is 0.0856 e. The Morgan fingerprint density at radius 2 is 1.80 bits per heavy atom. The van der Waals surface area contributed by atoms with Gasteiger partial charge in [0.2, 0.25) is 0 Å². The molecule has 0 bridgehead atoms. The molecule has 0 aromatic rings. The molecule has 0 nitrogen and oxygen atoms in total. The fraction of sp³-hybridized carbons (Fsp3) is 0.700. The van der Waals surface area contributed by atoms with Crippen LogP contribution in [0, 0.1) is 5.92 Å². The maximum Gasteiger partial charge on any atom is -0.0300 e. The highest BCUT2D eigenvalue weighted by Gasteiger charge is 1.91. The molecule has 0 spiro atoms. The molecule has 0 saturated heterocycles. The number of hydrogen-bond donors (Lipinski definition) is 0. The van der Waals surface area contributed by atoms with Crippen molar-refractivity contribution in [2.45, 2.75) is 47.0 Å². The summed E-state index contributed by atoms with van der Waals surface area (Å²) in [6.45, 7) is 8.78. The first-order valence-corrected chi connectivity index (χ1v) is 4.11. The summed E-state index contributed by atoms with van der Waals surface area (Å²) in [4.78, 5) is 0. The van der Waals surface area contributed by atoms with Crippen LogP contribution in [0.25, 0.3) is 0 Å². The molecule has 0 fully saturated rings. The van der Waals surface area contributed by atoms with Crippen LogP contribution < -0.4 is 0 Å². The second-order valence-corrected chi connectivity index (χ2v) is 3.15. The quantitative estimate of drug-likeness (QED) is 0.520. The predicted octanol–water partition coefficient (Wildman–Crippen LogP) is 3.74. The summed E-state index contributed by atoms with van der Waals surface area (Å²) in [5.41, 5.74) is 1.52. The van der Waals surface area contributed by atoms with Crippen molar-refractivity contribution in [3.63, 3.8) is 0 Å². The Hall–Kier alpha value is -0.260. The van der Waals surface area contributed by atoms with E-state index >= 15 is 0 Å². The van der Waals surface area contributed by atoms with Gasteiger partial charge in [-0.2, -0.15) is 0 Å². The van der Waals surface area contributed by atoms with Gasteiger partial charge in [-0.15, -0.1) is 0 Å². The van der Waals surface area contributed by atoms with Gasteiger partial charge >= 0.3 is 0 Å². The van der Waals surface area contributed by atoms with E-state index in [0.29, 0.717) is 0 Å². The topological polar surface area (TPSA) is 0 Å². The normalized spacial score (nSPS) is 12.7. The highest BCUT2D eigenvalue weighted by atomic mass is 14.0. The van der Waals surface area contributed by atoms with Gasteiger partial charge in [0.1, 0.15) is 0 Å². The van der Waals surface area contributed by atoms with Gasteiger partial charge < -0.3 is 0 Å². The van der Waals surface area contributed by atoms with Crippen LogP contribution in [0.2, 0.25) is 0 Å². The molecule has 0 unspecified atom stereocenters. The third-order valence-corrected chi connectivity index (χ3v) is 1.69. The second-order valence-electron chi connectivity index (χ2n) is 3.15. The van der Waals surface area contributed by atoms with E-state index < -0.39 is 0 Å². The Labute approximate surface area is 65.3 Å². The highest BCUT2D eigenvalue weighted by Crippen LogP contribution is 2.09. The lowest BCUT2D eigenvalue weighted by Gasteiger charge is -2.00. The molecule has 0 aromatic carbocycles. The standard InChI is InChI=1S/C10H19/c1-5-10(4)8-6-7-9(2)3/h8H,5-7H2,1-4H3/b10-8+. The predicted molar refractivity (Wildman–Crippen MR) is 47.9 cm³/mol. The van der Waals surface area contributed by atoms with Crippen LogP contribution >= 0.6 is 0 Å². The van der Waals surface area contributed by atoms with Crippen molar-refractivity contribution < 1.29 is 0 Å². The zero-order valence-electron chi connectivity index (χ0n) is 7.70. The molecular formula is C10H19. The van der Waals surface area contributed by atoms with Crippen molar-refractivity contribution in [3.05, 3.63) is 17.6 Å². The zero-order valence-corrected chi connectivity index (χ0v) is 7.70.